The van der Waals surface area contributed by atoms with E-state index < -0.39 is 17.8 Å². The van der Waals surface area contributed by atoms with Gasteiger partial charge in [-0.2, -0.15) is 0 Å². The number of benzene rings is 2. The third-order valence-electron chi connectivity index (χ3n) is 5.53. The van der Waals surface area contributed by atoms with Crippen molar-refractivity contribution in [2.75, 3.05) is 5.32 Å². The number of anilines is 1. The second-order valence-electron chi connectivity index (χ2n) is 8.54. The van der Waals surface area contributed by atoms with Crippen molar-refractivity contribution < 1.29 is 19.7 Å². The van der Waals surface area contributed by atoms with Crippen LogP contribution in [-0.4, -0.2) is 21.9 Å². The molecule has 28 heavy (non-hydrogen) atoms. The van der Waals surface area contributed by atoms with Crippen molar-refractivity contribution in [2.45, 2.75) is 65.6 Å². The number of hydrogen-bond acceptors (Lipinski definition) is 3. The first-order valence-corrected chi connectivity index (χ1v) is 9.64. The Morgan fingerprint density at radius 2 is 1.68 bits per heavy atom. The molecule has 1 aliphatic heterocycles. The molecule has 5 nitrogen and oxygen atoms in total. The lowest BCUT2D eigenvalue weighted by Crippen LogP contribution is -2.25. The van der Waals surface area contributed by atoms with Crippen molar-refractivity contribution in [3.8, 4) is 5.75 Å². The van der Waals surface area contributed by atoms with Crippen LogP contribution in [0.2, 0.25) is 0 Å². The predicted molar refractivity (Wildman–Crippen MR) is 111 cm³/mol. The van der Waals surface area contributed by atoms with Crippen LogP contribution in [0.15, 0.2) is 24.3 Å². The third-order valence-corrected chi connectivity index (χ3v) is 5.53. The molecule has 0 spiro atoms. The van der Waals surface area contributed by atoms with Gasteiger partial charge < -0.3 is 14.9 Å². The first kappa shape index (κ1) is 20.2. The lowest BCUT2D eigenvalue weighted by atomic mass is 9.88. The van der Waals surface area contributed by atoms with E-state index in [-0.39, 0.29) is 0 Å². The average Bonchev–Trinajstić information content (AvgIpc) is 2.93. The van der Waals surface area contributed by atoms with E-state index in [1.165, 1.54) is 5.56 Å². The molecule has 5 heteroatoms. The summed E-state index contributed by atoms with van der Waals surface area (Å²) in [6.45, 7) is 12.0. The lowest BCUT2D eigenvalue weighted by molar-refractivity contribution is 0.131. The monoisotopic (exact) mass is 383 g/mol. The van der Waals surface area contributed by atoms with Gasteiger partial charge in [-0.05, 0) is 55.9 Å². The topological polar surface area (TPSA) is 78.8 Å². The van der Waals surface area contributed by atoms with E-state index in [1.54, 1.807) is 0 Å². The number of aliphatic hydroxyl groups is 1. The maximum Gasteiger partial charge on any atom is 0.409 e. The van der Waals surface area contributed by atoms with Crippen LogP contribution >= 0.6 is 0 Å². The zero-order valence-electron chi connectivity index (χ0n) is 17.4. The SMILES string of the molecule is Cc1c2c(c(C(O)c3ccc(C(C)C)cc3)c(C)c1NC(=O)O)OC(C)(C)C2. The van der Waals surface area contributed by atoms with Gasteiger partial charge in [-0.1, -0.05) is 38.1 Å². The van der Waals surface area contributed by atoms with E-state index in [2.05, 4.69) is 19.2 Å². The fraction of sp³-hybridized carbons (Fsp3) is 0.435. The highest BCUT2D eigenvalue weighted by Crippen LogP contribution is 2.48. The average molecular weight is 383 g/mol. The van der Waals surface area contributed by atoms with Gasteiger partial charge in [0.05, 0.1) is 5.69 Å². The van der Waals surface area contributed by atoms with Crippen molar-refractivity contribution >= 4 is 11.8 Å². The van der Waals surface area contributed by atoms with Gasteiger partial charge in [-0.3, -0.25) is 5.32 Å². The molecule has 0 saturated heterocycles. The van der Waals surface area contributed by atoms with Gasteiger partial charge in [0.25, 0.3) is 0 Å². The van der Waals surface area contributed by atoms with Crippen LogP contribution in [0.5, 0.6) is 5.75 Å². The van der Waals surface area contributed by atoms with Crippen molar-refractivity contribution in [1.82, 2.24) is 0 Å². The number of carboxylic acid groups (broad SMARTS) is 1. The molecule has 2 aromatic carbocycles. The molecular formula is C23H29NO4. The van der Waals surface area contributed by atoms with Gasteiger partial charge >= 0.3 is 6.09 Å². The Bertz CT molecular complexity index is 913. The summed E-state index contributed by atoms with van der Waals surface area (Å²) in [6.07, 6.45) is -1.36. The van der Waals surface area contributed by atoms with E-state index in [9.17, 15) is 15.0 Å². The van der Waals surface area contributed by atoms with Crippen LogP contribution in [0.4, 0.5) is 10.5 Å². The van der Waals surface area contributed by atoms with Crippen LogP contribution in [0.3, 0.4) is 0 Å². The van der Waals surface area contributed by atoms with Gasteiger partial charge in [-0.15, -0.1) is 0 Å². The second kappa shape index (κ2) is 7.13. The minimum atomic E-state index is -1.12. The van der Waals surface area contributed by atoms with Crippen LogP contribution in [0.25, 0.3) is 0 Å². The highest BCUT2D eigenvalue weighted by molar-refractivity contribution is 5.87. The molecule has 1 amide bonds. The van der Waals surface area contributed by atoms with Gasteiger partial charge in [0, 0.05) is 17.5 Å². The Kier molecular flexibility index (Phi) is 5.15. The quantitative estimate of drug-likeness (QED) is 0.668. The number of fused-ring (bicyclic) bond motifs is 1. The molecule has 1 atom stereocenters. The van der Waals surface area contributed by atoms with Crippen molar-refractivity contribution in [1.29, 1.82) is 0 Å². The number of hydrogen-bond donors (Lipinski definition) is 3. The fourth-order valence-electron chi connectivity index (χ4n) is 3.99. The van der Waals surface area contributed by atoms with Gasteiger partial charge in [0.1, 0.15) is 17.5 Å². The van der Waals surface area contributed by atoms with Gasteiger partial charge in [0.15, 0.2) is 0 Å². The molecule has 0 aromatic heterocycles. The Morgan fingerprint density at radius 3 is 2.21 bits per heavy atom. The minimum Gasteiger partial charge on any atom is -0.487 e. The standard InChI is InChI=1S/C23H29NO4/c1-12(2)15-7-9-16(10-8-15)20(25)18-14(4)19(24-22(26)27)13(3)17-11-23(5,6)28-21(17)18/h7-10,12,20,24-25H,11H2,1-6H3,(H,26,27). The summed E-state index contributed by atoms with van der Waals surface area (Å²) in [7, 11) is 0. The summed E-state index contributed by atoms with van der Waals surface area (Å²) in [5.41, 5.74) is 5.21. The maximum atomic E-state index is 11.3. The highest BCUT2D eigenvalue weighted by Gasteiger charge is 2.37. The Labute approximate surface area is 166 Å². The number of carbonyl (C=O) groups is 1. The summed E-state index contributed by atoms with van der Waals surface area (Å²) in [6, 6.07) is 7.90. The third kappa shape index (κ3) is 3.59. The molecule has 0 fully saturated rings. The van der Waals surface area contributed by atoms with Crippen LogP contribution in [0.1, 0.15) is 73.1 Å². The highest BCUT2D eigenvalue weighted by atomic mass is 16.5. The molecule has 2 aromatic rings. The van der Waals surface area contributed by atoms with Crippen molar-refractivity contribution in [2.24, 2.45) is 0 Å². The predicted octanol–water partition coefficient (Wildman–Crippen LogP) is 5.31. The Balaban J connectivity index is 2.16. The molecule has 0 radical (unpaired) electrons. The number of rotatable bonds is 4. The molecule has 1 aliphatic rings. The Hall–Kier alpha value is -2.53. The first-order chi connectivity index (χ1) is 13.0. The summed E-state index contributed by atoms with van der Waals surface area (Å²) in [5.74, 6) is 1.09. The summed E-state index contributed by atoms with van der Waals surface area (Å²) in [4.78, 5) is 11.3. The first-order valence-electron chi connectivity index (χ1n) is 9.64. The van der Waals surface area contributed by atoms with Crippen LogP contribution in [-0.2, 0) is 6.42 Å². The molecular weight excluding hydrogens is 354 g/mol. The molecule has 150 valence electrons. The van der Waals surface area contributed by atoms with Crippen molar-refractivity contribution in [3.05, 3.63) is 57.6 Å². The molecule has 3 rings (SSSR count). The molecule has 0 aliphatic carbocycles. The molecule has 0 saturated carbocycles. The number of aliphatic hydroxyl groups excluding tert-OH is 1. The summed E-state index contributed by atoms with van der Waals surface area (Å²) >= 11 is 0. The van der Waals surface area contributed by atoms with Crippen LogP contribution < -0.4 is 10.1 Å². The lowest BCUT2D eigenvalue weighted by Gasteiger charge is -2.24. The largest absolute Gasteiger partial charge is 0.487 e. The summed E-state index contributed by atoms with van der Waals surface area (Å²) < 4.78 is 6.22. The molecule has 3 N–H and O–H groups in total. The van der Waals surface area contributed by atoms with E-state index in [0.29, 0.717) is 34.9 Å². The number of amides is 1. The zero-order chi connectivity index (χ0) is 20.8. The van der Waals surface area contributed by atoms with E-state index in [4.69, 9.17) is 4.74 Å². The van der Waals surface area contributed by atoms with Gasteiger partial charge in [-0.25, -0.2) is 4.79 Å². The molecule has 1 heterocycles. The Morgan fingerprint density at radius 1 is 1.11 bits per heavy atom. The minimum absolute atomic E-state index is 0.405. The molecule has 0 bridgehead atoms. The number of nitrogens with one attached hydrogen (secondary N) is 1. The summed E-state index contributed by atoms with van der Waals surface area (Å²) in [5, 5.41) is 23.0. The smallest absolute Gasteiger partial charge is 0.409 e. The van der Waals surface area contributed by atoms with Crippen LogP contribution in [0, 0.1) is 13.8 Å². The maximum absolute atomic E-state index is 11.3. The van der Waals surface area contributed by atoms with E-state index in [1.807, 2.05) is 52.0 Å². The number of ether oxygens (including phenoxy) is 1. The van der Waals surface area contributed by atoms with E-state index in [0.717, 1.165) is 16.7 Å². The molecule has 1 unspecified atom stereocenters. The fourth-order valence-corrected chi connectivity index (χ4v) is 3.99. The van der Waals surface area contributed by atoms with E-state index >= 15 is 0 Å². The second-order valence-corrected chi connectivity index (χ2v) is 8.54. The van der Waals surface area contributed by atoms with Crippen molar-refractivity contribution in [3.63, 3.8) is 0 Å². The van der Waals surface area contributed by atoms with Gasteiger partial charge in [0.2, 0.25) is 0 Å². The normalized spacial score (nSPS) is 15.9. The zero-order valence-corrected chi connectivity index (χ0v) is 17.4.